The van der Waals surface area contributed by atoms with E-state index < -0.39 is 5.60 Å². The van der Waals surface area contributed by atoms with Crippen molar-refractivity contribution in [3.63, 3.8) is 0 Å². The molecular weight excluding hydrogens is 132 g/mol. The Kier molecular flexibility index (Phi) is 3.36. The average Bonchev–Trinajstić information content (AvgIpc) is 1.87. The third kappa shape index (κ3) is 3.45. The molecule has 3 heteroatoms. The van der Waals surface area contributed by atoms with Crippen LogP contribution in [0.25, 0.3) is 0 Å². The van der Waals surface area contributed by atoms with E-state index in [9.17, 15) is 4.79 Å². The van der Waals surface area contributed by atoms with Crippen LogP contribution in [0.5, 0.6) is 0 Å². The van der Waals surface area contributed by atoms with Crippen LogP contribution in [-0.4, -0.2) is 25.8 Å². The van der Waals surface area contributed by atoms with Crippen LogP contribution in [0.15, 0.2) is 0 Å². The fraction of sp³-hybridized carbons (Fsp3) is 0.857. The number of hydrogen-bond donors (Lipinski definition) is 0. The van der Waals surface area contributed by atoms with E-state index in [1.54, 1.807) is 7.11 Å². The van der Waals surface area contributed by atoms with Gasteiger partial charge in [-0.15, -0.1) is 0 Å². The molecule has 0 bridgehead atoms. The summed E-state index contributed by atoms with van der Waals surface area (Å²) in [7, 11) is 2.94. The first-order valence-corrected chi connectivity index (χ1v) is 3.14. The zero-order valence-electron chi connectivity index (χ0n) is 6.93. The van der Waals surface area contributed by atoms with Crippen LogP contribution >= 0.6 is 0 Å². The van der Waals surface area contributed by atoms with Crippen LogP contribution in [-0.2, 0) is 14.3 Å². The molecule has 0 unspecified atom stereocenters. The van der Waals surface area contributed by atoms with Crippen molar-refractivity contribution < 1.29 is 14.3 Å². The van der Waals surface area contributed by atoms with Gasteiger partial charge in [0, 0.05) is 7.11 Å². The van der Waals surface area contributed by atoms with Crippen molar-refractivity contribution in [2.45, 2.75) is 25.9 Å². The number of methoxy groups -OCH3 is 2. The van der Waals surface area contributed by atoms with Gasteiger partial charge in [-0.1, -0.05) is 0 Å². The molecule has 0 aromatic carbocycles. The van der Waals surface area contributed by atoms with Gasteiger partial charge in [-0.05, 0) is 13.8 Å². The van der Waals surface area contributed by atoms with Gasteiger partial charge in [-0.3, -0.25) is 4.79 Å². The fourth-order valence-electron chi connectivity index (χ4n) is 0.492. The van der Waals surface area contributed by atoms with Gasteiger partial charge in [-0.25, -0.2) is 0 Å². The summed E-state index contributed by atoms with van der Waals surface area (Å²) in [6, 6.07) is 0. The Labute approximate surface area is 61.3 Å². The van der Waals surface area contributed by atoms with Crippen LogP contribution in [0.3, 0.4) is 0 Å². The molecular formula is C7H14O3. The van der Waals surface area contributed by atoms with E-state index >= 15 is 0 Å². The second-order valence-corrected chi connectivity index (χ2v) is 2.72. The molecule has 0 radical (unpaired) electrons. The predicted molar refractivity (Wildman–Crippen MR) is 37.7 cm³/mol. The van der Waals surface area contributed by atoms with Gasteiger partial charge in [0.05, 0.1) is 19.1 Å². The molecule has 60 valence electrons. The maximum Gasteiger partial charge on any atom is 0.308 e. The molecule has 0 amide bonds. The summed E-state index contributed by atoms with van der Waals surface area (Å²) in [5.74, 6) is -0.244. The second-order valence-electron chi connectivity index (χ2n) is 2.72. The lowest BCUT2D eigenvalue weighted by atomic mass is 10.1. The number of carbonyl (C=O) groups excluding carboxylic acids is 1. The van der Waals surface area contributed by atoms with Gasteiger partial charge < -0.3 is 9.47 Å². The zero-order chi connectivity index (χ0) is 8.20. The third-order valence-electron chi connectivity index (χ3n) is 1.35. The summed E-state index contributed by atoms with van der Waals surface area (Å²) in [6.45, 7) is 3.67. The highest BCUT2D eigenvalue weighted by atomic mass is 16.5. The molecule has 3 nitrogen and oxygen atoms in total. The van der Waals surface area contributed by atoms with Gasteiger partial charge in [0.25, 0.3) is 0 Å². The summed E-state index contributed by atoms with van der Waals surface area (Å²) in [6.07, 6.45) is 0.292. The van der Waals surface area contributed by atoms with E-state index in [2.05, 4.69) is 4.74 Å². The van der Waals surface area contributed by atoms with E-state index in [1.165, 1.54) is 7.11 Å². The summed E-state index contributed by atoms with van der Waals surface area (Å²) >= 11 is 0. The maximum absolute atomic E-state index is 10.7. The normalized spacial score (nSPS) is 11.2. The van der Waals surface area contributed by atoms with E-state index in [4.69, 9.17) is 4.74 Å². The summed E-state index contributed by atoms with van der Waals surface area (Å²) in [5, 5.41) is 0. The lowest BCUT2D eigenvalue weighted by Crippen LogP contribution is -2.26. The third-order valence-corrected chi connectivity index (χ3v) is 1.35. The standard InChI is InChI=1S/C7H14O3/c1-7(2,10-4)5-6(8)9-3/h5H2,1-4H3. The molecule has 10 heavy (non-hydrogen) atoms. The van der Waals surface area contributed by atoms with Gasteiger partial charge >= 0.3 is 5.97 Å². The first kappa shape index (κ1) is 9.43. The van der Waals surface area contributed by atoms with Crippen molar-refractivity contribution >= 4 is 5.97 Å². The molecule has 0 atom stereocenters. The van der Waals surface area contributed by atoms with Crippen LogP contribution in [0.1, 0.15) is 20.3 Å². The number of carbonyl (C=O) groups is 1. The van der Waals surface area contributed by atoms with Crippen molar-refractivity contribution in [3.05, 3.63) is 0 Å². The maximum atomic E-state index is 10.7. The Morgan fingerprint density at radius 2 is 1.90 bits per heavy atom. The van der Waals surface area contributed by atoms with Crippen molar-refractivity contribution in [1.29, 1.82) is 0 Å². The topological polar surface area (TPSA) is 35.5 Å². The van der Waals surface area contributed by atoms with Crippen molar-refractivity contribution in [1.82, 2.24) is 0 Å². The molecule has 0 aliphatic rings. The molecule has 0 saturated heterocycles. The highest BCUT2D eigenvalue weighted by Crippen LogP contribution is 2.12. The van der Waals surface area contributed by atoms with Gasteiger partial charge in [0.15, 0.2) is 0 Å². The Morgan fingerprint density at radius 3 is 2.20 bits per heavy atom. The molecule has 0 heterocycles. The number of ether oxygens (including phenoxy) is 2. The molecule has 0 aliphatic carbocycles. The molecule has 0 saturated carbocycles. The summed E-state index contributed by atoms with van der Waals surface area (Å²) < 4.78 is 9.48. The van der Waals surface area contributed by atoms with E-state index in [0.717, 1.165) is 0 Å². The van der Waals surface area contributed by atoms with Crippen LogP contribution in [0.4, 0.5) is 0 Å². The number of hydrogen-bond acceptors (Lipinski definition) is 3. The quantitative estimate of drug-likeness (QED) is 0.557. The molecule has 0 aromatic heterocycles. The zero-order valence-corrected chi connectivity index (χ0v) is 6.93. The van der Waals surface area contributed by atoms with Crippen LogP contribution in [0, 0.1) is 0 Å². The minimum atomic E-state index is -0.410. The summed E-state index contributed by atoms with van der Waals surface area (Å²) in [4.78, 5) is 10.7. The van der Waals surface area contributed by atoms with Gasteiger partial charge in [0.2, 0.25) is 0 Å². The minimum absolute atomic E-state index is 0.244. The largest absolute Gasteiger partial charge is 0.469 e. The van der Waals surface area contributed by atoms with Crippen molar-refractivity contribution in [2.75, 3.05) is 14.2 Å². The molecule has 0 spiro atoms. The van der Waals surface area contributed by atoms with E-state index in [-0.39, 0.29) is 5.97 Å². The van der Waals surface area contributed by atoms with Crippen molar-refractivity contribution in [2.24, 2.45) is 0 Å². The number of rotatable bonds is 3. The van der Waals surface area contributed by atoms with E-state index in [1.807, 2.05) is 13.8 Å². The Hall–Kier alpha value is -0.570. The smallest absolute Gasteiger partial charge is 0.308 e. The second kappa shape index (κ2) is 3.56. The first-order valence-electron chi connectivity index (χ1n) is 3.14. The van der Waals surface area contributed by atoms with Crippen LogP contribution in [0.2, 0.25) is 0 Å². The van der Waals surface area contributed by atoms with E-state index in [0.29, 0.717) is 6.42 Å². The molecule has 0 fully saturated rings. The van der Waals surface area contributed by atoms with Crippen LogP contribution < -0.4 is 0 Å². The minimum Gasteiger partial charge on any atom is -0.469 e. The Bertz CT molecular complexity index is 118. The monoisotopic (exact) mass is 146 g/mol. The molecule has 0 rings (SSSR count). The molecule has 0 aliphatic heterocycles. The highest BCUT2D eigenvalue weighted by molar-refractivity contribution is 5.70. The SMILES string of the molecule is COC(=O)CC(C)(C)OC. The number of esters is 1. The average molecular weight is 146 g/mol. The lowest BCUT2D eigenvalue weighted by molar-refractivity contribution is -0.146. The Morgan fingerprint density at radius 1 is 1.40 bits per heavy atom. The molecule has 0 aromatic rings. The molecule has 0 N–H and O–H groups in total. The van der Waals surface area contributed by atoms with Crippen molar-refractivity contribution in [3.8, 4) is 0 Å². The highest BCUT2D eigenvalue weighted by Gasteiger charge is 2.20. The first-order chi connectivity index (χ1) is 4.52. The van der Waals surface area contributed by atoms with Gasteiger partial charge in [-0.2, -0.15) is 0 Å². The Balaban J connectivity index is 3.76. The van der Waals surface area contributed by atoms with Gasteiger partial charge in [0.1, 0.15) is 0 Å². The lowest BCUT2D eigenvalue weighted by Gasteiger charge is -2.20. The fourth-order valence-corrected chi connectivity index (χ4v) is 0.492. The predicted octanol–water partition coefficient (Wildman–Crippen LogP) is 0.974. The summed E-state index contributed by atoms with van der Waals surface area (Å²) in [5.41, 5.74) is -0.410.